The molecule has 2 rings (SSSR count). The summed E-state index contributed by atoms with van der Waals surface area (Å²) >= 11 is 3.44. The van der Waals surface area contributed by atoms with E-state index in [1.54, 1.807) is 4.68 Å². The molecule has 0 bridgehead atoms. The molecule has 1 aliphatic carbocycles. The van der Waals surface area contributed by atoms with Crippen LogP contribution in [0, 0.1) is 11.8 Å². The van der Waals surface area contributed by atoms with Gasteiger partial charge >= 0.3 is 0 Å². The van der Waals surface area contributed by atoms with Crippen molar-refractivity contribution in [2.45, 2.75) is 45.1 Å². The van der Waals surface area contributed by atoms with Gasteiger partial charge in [-0.2, -0.15) is 0 Å². The number of aryl methyl sites for hydroxylation is 1. The highest BCUT2D eigenvalue weighted by Gasteiger charge is 2.29. The third-order valence-corrected chi connectivity index (χ3v) is 4.68. The summed E-state index contributed by atoms with van der Waals surface area (Å²) in [6, 6.07) is 0.0576. The van der Waals surface area contributed by atoms with Crippen molar-refractivity contribution in [1.29, 1.82) is 0 Å². The zero-order valence-electron chi connectivity index (χ0n) is 10.6. The highest BCUT2D eigenvalue weighted by atomic mass is 79.9. The normalized spacial score (nSPS) is 27.1. The Morgan fingerprint density at radius 2 is 2.06 bits per heavy atom. The van der Waals surface area contributed by atoms with Gasteiger partial charge in [-0.3, -0.25) is 0 Å². The van der Waals surface area contributed by atoms with Crippen LogP contribution in [0.3, 0.4) is 0 Å². The molecule has 1 aromatic heterocycles. The van der Waals surface area contributed by atoms with Crippen molar-refractivity contribution in [2.24, 2.45) is 24.6 Å². The van der Waals surface area contributed by atoms with Gasteiger partial charge < -0.3 is 5.73 Å². The van der Waals surface area contributed by atoms with Gasteiger partial charge in [0, 0.05) is 7.05 Å². The van der Waals surface area contributed by atoms with Crippen LogP contribution in [0.5, 0.6) is 0 Å². The summed E-state index contributed by atoms with van der Waals surface area (Å²) in [5.41, 5.74) is 7.40. The van der Waals surface area contributed by atoms with Crippen LogP contribution in [0.1, 0.15) is 50.8 Å². The predicted molar refractivity (Wildman–Crippen MR) is 71.4 cm³/mol. The molecular weight excluding hydrogens is 280 g/mol. The van der Waals surface area contributed by atoms with Crippen molar-refractivity contribution >= 4 is 15.9 Å². The van der Waals surface area contributed by atoms with E-state index in [4.69, 9.17) is 5.73 Å². The Hall–Kier alpha value is -0.420. The second kappa shape index (κ2) is 5.48. The van der Waals surface area contributed by atoms with Gasteiger partial charge in [0.25, 0.3) is 0 Å². The molecule has 96 valence electrons. The van der Waals surface area contributed by atoms with Gasteiger partial charge in [-0.25, -0.2) is 4.68 Å². The fourth-order valence-electron chi connectivity index (χ4n) is 2.87. The number of hydrogen-bond acceptors (Lipinski definition) is 3. The second-order valence-electron chi connectivity index (χ2n) is 5.10. The molecule has 5 heteroatoms. The van der Waals surface area contributed by atoms with Crippen LogP contribution < -0.4 is 5.73 Å². The molecule has 1 heterocycles. The Morgan fingerprint density at radius 3 is 2.53 bits per heavy atom. The molecule has 1 atom stereocenters. The Labute approximate surface area is 111 Å². The summed E-state index contributed by atoms with van der Waals surface area (Å²) in [6.45, 7) is 2.28. The standard InChI is InChI=1S/C12H21BrN4/c1-3-8-4-6-9(7-5-8)10(14)11-12(13)15-16-17(11)2/h8-10H,3-7,14H2,1-2H3. The van der Waals surface area contributed by atoms with Gasteiger partial charge in [0.15, 0.2) is 4.60 Å². The number of aromatic nitrogens is 3. The number of halogens is 1. The molecule has 1 aliphatic rings. The number of nitrogens with zero attached hydrogens (tertiary/aromatic N) is 3. The Morgan fingerprint density at radius 1 is 1.41 bits per heavy atom. The first-order valence-corrected chi connectivity index (χ1v) is 7.23. The molecule has 0 aliphatic heterocycles. The summed E-state index contributed by atoms with van der Waals surface area (Å²) in [7, 11) is 1.91. The summed E-state index contributed by atoms with van der Waals surface area (Å²) in [4.78, 5) is 0. The van der Waals surface area contributed by atoms with Crippen LogP contribution >= 0.6 is 15.9 Å². The number of hydrogen-bond donors (Lipinski definition) is 1. The van der Waals surface area contributed by atoms with E-state index in [2.05, 4.69) is 33.2 Å². The minimum Gasteiger partial charge on any atom is -0.322 e. The molecule has 1 saturated carbocycles. The van der Waals surface area contributed by atoms with Crippen molar-refractivity contribution in [1.82, 2.24) is 15.0 Å². The summed E-state index contributed by atoms with van der Waals surface area (Å²) in [5, 5.41) is 8.02. The molecule has 4 nitrogen and oxygen atoms in total. The van der Waals surface area contributed by atoms with E-state index in [0.717, 1.165) is 16.2 Å². The van der Waals surface area contributed by atoms with Crippen molar-refractivity contribution < 1.29 is 0 Å². The maximum absolute atomic E-state index is 6.37. The molecule has 0 spiro atoms. The van der Waals surface area contributed by atoms with Crippen molar-refractivity contribution in [3.63, 3.8) is 0 Å². The summed E-state index contributed by atoms with van der Waals surface area (Å²) < 4.78 is 2.59. The quantitative estimate of drug-likeness (QED) is 0.934. The molecule has 1 unspecified atom stereocenters. The molecular formula is C12H21BrN4. The third kappa shape index (κ3) is 2.71. The minimum atomic E-state index is 0.0576. The van der Waals surface area contributed by atoms with Crippen molar-refractivity contribution in [3.05, 3.63) is 10.3 Å². The predicted octanol–water partition coefficient (Wildman–Crippen LogP) is 2.79. The van der Waals surface area contributed by atoms with Crippen molar-refractivity contribution in [3.8, 4) is 0 Å². The highest BCUT2D eigenvalue weighted by molar-refractivity contribution is 9.10. The zero-order valence-corrected chi connectivity index (χ0v) is 12.2. The van der Waals surface area contributed by atoms with E-state index in [1.807, 2.05) is 7.05 Å². The fourth-order valence-corrected chi connectivity index (χ4v) is 3.46. The Bertz CT molecular complexity index is 349. The van der Waals surface area contributed by atoms with Crippen LogP contribution in [0.4, 0.5) is 0 Å². The lowest BCUT2D eigenvalue weighted by Gasteiger charge is -2.31. The van der Waals surface area contributed by atoms with Gasteiger partial charge in [-0.1, -0.05) is 31.4 Å². The second-order valence-corrected chi connectivity index (χ2v) is 5.86. The van der Waals surface area contributed by atoms with E-state index in [0.29, 0.717) is 5.92 Å². The maximum Gasteiger partial charge on any atom is 0.153 e. The third-order valence-electron chi connectivity index (χ3n) is 4.12. The van der Waals surface area contributed by atoms with Gasteiger partial charge in [-0.05, 0) is 40.6 Å². The molecule has 1 fully saturated rings. The van der Waals surface area contributed by atoms with E-state index in [1.165, 1.54) is 32.1 Å². The molecule has 0 amide bonds. The number of rotatable bonds is 3. The number of nitrogens with two attached hydrogens (primary N) is 1. The highest BCUT2D eigenvalue weighted by Crippen LogP contribution is 2.37. The molecule has 0 saturated heterocycles. The van der Waals surface area contributed by atoms with Gasteiger partial charge in [0.1, 0.15) is 0 Å². The topological polar surface area (TPSA) is 56.7 Å². The average Bonchev–Trinajstić information content (AvgIpc) is 2.68. The first kappa shape index (κ1) is 13.0. The molecule has 17 heavy (non-hydrogen) atoms. The Kier molecular flexibility index (Phi) is 4.20. The summed E-state index contributed by atoms with van der Waals surface area (Å²) in [6.07, 6.45) is 6.41. The van der Waals surface area contributed by atoms with E-state index < -0.39 is 0 Å². The Balaban J connectivity index is 2.04. The summed E-state index contributed by atoms with van der Waals surface area (Å²) in [5.74, 6) is 1.48. The SMILES string of the molecule is CCC1CCC(C(N)c2c(Br)nnn2C)CC1. The maximum atomic E-state index is 6.37. The lowest BCUT2D eigenvalue weighted by atomic mass is 9.77. The van der Waals surface area contributed by atoms with E-state index >= 15 is 0 Å². The molecule has 2 N–H and O–H groups in total. The van der Waals surface area contributed by atoms with Crippen LogP contribution in [0.2, 0.25) is 0 Å². The average molecular weight is 301 g/mol. The molecule has 0 aromatic carbocycles. The first-order valence-electron chi connectivity index (χ1n) is 6.44. The van der Waals surface area contributed by atoms with Crippen molar-refractivity contribution in [2.75, 3.05) is 0 Å². The smallest absolute Gasteiger partial charge is 0.153 e. The van der Waals surface area contributed by atoms with Gasteiger partial charge in [0.2, 0.25) is 0 Å². The monoisotopic (exact) mass is 300 g/mol. The minimum absolute atomic E-state index is 0.0576. The van der Waals surface area contributed by atoms with E-state index in [-0.39, 0.29) is 6.04 Å². The largest absolute Gasteiger partial charge is 0.322 e. The molecule has 1 aromatic rings. The fraction of sp³-hybridized carbons (Fsp3) is 0.833. The van der Waals surface area contributed by atoms with Crippen LogP contribution in [0.25, 0.3) is 0 Å². The van der Waals surface area contributed by atoms with Crippen LogP contribution in [0.15, 0.2) is 4.60 Å². The van der Waals surface area contributed by atoms with Crippen LogP contribution in [-0.2, 0) is 7.05 Å². The van der Waals surface area contributed by atoms with Gasteiger partial charge in [-0.15, -0.1) is 5.10 Å². The van der Waals surface area contributed by atoms with E-state index in [9.17, 15) is 0 Å². The zero-order chi connectivity index (χ0) is 12.4. The molecule has 0 radical (unpaired) electrons. The lowest BCUT2D eigenvalue weighted by Crippen LogP contribution is -2.28. The van der Waals surface area contributed by atoms with Gasteiger partial charge in [0.05, 0.1) is 11.7 Å². The van der Waals surface area contributed by atoms with Crippen LogP contribution in [-0.4, -0.2) is 15.0 Å². The first-order chi connectivity index (χ1) is 8.13. The lowest BCUT2D eigenvalue weighted by molar-refractivity contribution is 0.235.